The van der Waals surface area contributed by atoms with Crippen LogP contribution < -0.4 is 0 Å². The summed E-state index contributed by atoms with van der Waals surface area (Å²) in [5.41, 5.74) is 0.870. The molecule has 0 saturated carbocycles. The predicted molar refractivity (Wildman–Crippen MR) is 32.6 cm³/mol. The Morgan fingerprint density at radius 3 is 3.00 bits per heavy atom. The Balaban J connectivity index is 2.83. The Morgan fingerprint density at radius 2 is 2.62 bits per heavy atom. The molecule has 1 aromatic rings. The maximum atomic E-state index is 5.44. The smallest absolute Gasteiger partial charge is 0.0647 e. The first-order chi connectivity index (χ1) is 3.93. The fraction of sp³-hybridized carbons (Fsp3) is 0.167. The van der Waals surface area contributed by atoms with Gasteiger partial charge in [0.25, 0.3) is 0 Å². The van der Waals surface area contributed by atoms with Gasteiger partial charge < -0.3 is 0 Å². The van der Waals surface area contributed by atoms with Crippen LogP contribution in [0.2, 0.25) is 0 Å². The van der Waals surface area contributed by atoms with E-state index in [-0.39, 0.29) is 0 Å². The van der Waals surface area contributed by atoms with Gasteiger partial charge in [0.2, 0.25) is 0 Å². The number of halogens is 1. The van der Waals surface area contributed by atoms with Crippen LogP contribution in [0.25, 0.3) is 0 Å². The Labute approximate surface area is 53.3 Å². The molecular formula is C6H5ClN. The van der Waals surface area contributed by atoms with E-state index in [1.54, 1.807) is 18.3 Å². The van der Waals surface area contributed by atoms with Crippen LogP contribution in [0.1, 0.15) is 5.69 Å². The van der Waals surface area contributed by atoms with Crippen LogP contribution in [0, 0.1) is 6.07 Å². The van der Waals surface area contributed by atoms with E-state index in [9.17, 15) is 0 Å². The zero-order valence-electron chi connectivity index (χ0n) is 4.26. The van der Waals surface area contributed by atoms with Crippen molar-refractivity contribution in [2.75, 3.05) is 0 Å². The quantitative estimate of drug-likeness (QED) is 0.521. The van der Waals surface area contributed by atoms with Crippen molar-refractivity contribution in [2.45, 2.75) is 5.88 Å². The van der Waals surface area contributed by atoms with Gasteiger partial charge in [0.15, 0.2) is 0 Å². The van der Waals surface area contributed by atoms with Crippen LogP contribution in [0.3, 0.4) is 0 Å². The van der Waals surface area contributed by atoms with E-state index in [0.29, 0.717) is 5.88 Å². The summed E-state index contributed by atoms with van der Waals surface area (Å²) in [6.45, 7) is 0. The van der Waals surface area contributed by atoms with E-state index in [0.717, 1.165) is 5.69 Å². The molecule has 0 N–H and O–H groups in total. The molecule has 0 fully saturated rings. The van der Waals surface area contributed by atoms with E-state index in [4.69, 9.17) is 11.6 Å². The first-order valence-corrected chi connectivity index (χ1v) is 2.84. The first kappa shape index (κ1) is 5.57. The summed E-state index contributed by atoms with van der Waals surface area (Å²) in [6.07, 6.45) is 1.68. The third-order valence-electron chi connectivity index (χ3n) is 0.798. The Bertz CT molecular complexity index is 150. The molecule has 0 bridgehead atoms. The van der Waals surface area contributed by atoms with Gasteiger partial charge in [-0.3, -0.25) is 4.98 Å². The second kappa shape index (κ2) is 2.68. The molecule has 1 rings (SSSR count). The number of alkyl halides is 1. The van der Waals surface area contributed by atoms with E-state index in [2.05, 4.69) is 11.1 Å². The fourth-order valence-corrected chi connectivity index (χ4v) is 0.577. The summed E-state index contributed by atoms with van der Waals surface area (Å²) >= 11 is 5.44. The van der Waals surface area contributed by atoms with Gasteiger partial charge in [-0.05, 0) is 18.2 Å². The Morgan fingerprint density at radius 1 is 1.75 bits per heavy atom. The van der Waals surface area contributed by atoms with E-state index in [1.807, 2.05) is 0 Å². The molecule has 0 aromatic carbocycles. The van der Waals surface area contributed by atoms with Crippen LogP contribution in [0.5, 0.6) is 0 Å². The second-order valence-corrected chi connectivity index (χ2v) is 1.65. The van der Waals surface area contributed by atoms with Crippen LogP contribution in [-0.2, 0) is 5.88 Å². The topological polar surface area (TPSA) is 12.9 Å². The minimum Gasteiger partial charge on any atom is -0.260 e. The van der Waals surface area contributed by atoms with Gasteiger partial charge in [0.05, 0.1) is 11.6 Å². The summed E-state index contributed by atoms with van der Waals surface area (Å²) < 4.78 is 0. The van der Waals surface area contributed by atoms with E-state index < -0.39 is 0 Å². The predicted octanol–water partition coefficient (Wildman–Crippen LogP) is 1.62. The highest BCUT2D eigenvalue weighted by molar-refractivity contribution is 6.16. The molecule has 2 heteroatoms. The lowest BCUT2D eigenvalue weighted by Crippen LogP contribution is -1.79. The number of pyridine rings is 1. The van der Waals surface area contributed by atoms with Gasteiger partial charge in [-0.1, -0.05) is 0 Å². The van der Waals surface area contributed by atoms with Crippen LogP contribution in [-0.4, -0.2) is 4.98 Å². The maximum absolute atomic E-state index is 5.44. The number of aromatic nitrogens is 1. The number of nitrogens with zero attached hydrogens (tertiary/aromatic N) is 1. The van der Waals surface area contributed by atoms with Crippen molar-refractivity contribution < 1.29 is 0 Å². The van der Waals surface area contributed by atoms with Crippen molar-refractivity contribution in [3.63, 3.8) is 0 Å². The van der Waals surface area contributed by atoms with Crippen molar-refractivity contribution >= 4 is 11.6 Å². The van der Waals surface area contributed by atoms with Crippen molar-refractivity contribution in [3.05, 3.63) is 30.1 Å². The summed E-state index contributed by atoms with van der Waals surface area (Å²) in [4.78, 5) is 3.93. The summed E-state index contributed by atoms with van der Waals surface area (Å²) in [7, 11) is 0. The molecule has 1 radical (unpaired) electrons. The zero-order chi connectivity index (χ0) is 5.82. The molecule has 8 heavy (non-hydrogen) atoms. The minimum absolute atomic E-state index is 0.470. The van der Waals surface area contributed by atoms with Crippen molar-refractivity contribution in [1.29, 1.82) is 0 Å². The van der Waals surface area contributed by atoms with E-state index in [1.165, 1.54) is 0 Å². The van der Waals surface area contributed by atoms with Crippen molar-refractivity contribution in [3.8, 4) is 0 Å². The van der Waals surface area contributed by atoms with Crippen LogP contribution in [0.4, 0.5) is 0 Å². The van der Waals surface area contributed by atoms with Crippen LogP contribution >= 0.6 is 11.6 Å². The summed E-state index contributed by atoms with van der Waals surface area (Å²) in [5.74, 6) is 0.470. The van der Waals surface area contributed by atoms with Crippen molar-refractivity contribution in [1.82, 2.24) is 4.98 Å². The zero-order valence-corrected chi connectivity index (χ0v) is 5.02. The normalized spacial score (nSPS) is 9.12. The summed E-state index contributed by atoms with van der Waals surface area (Å²) in [5, 5.41) is 0. The van der Waals surface area contributed by atoms with Gasteiger partial charge in [0, 0.05) is 6.20 Å². The third-order valence-corrected chi connectivity index (χ3v) is 1.07. The molecule has 0 unspecified atom stereocenters. The number of hydrogen-bond donors (Lipinski definition) is 0. The molecular weight excluding hydrogens is 122 g/mol. The number of hydrogen-bond acceptors (Lipinski definition) is 1. The molecule has 1 heterocycles. The lowest BCUT2D eigenvalue weighted by Gasteiger charge is -1.86. The number of rotatable bonds is 1. The first-order valence-electron chi connectivity index (χ1n) is 2.30. The van der Waals surface area contributed by atoms with E-state index >= 15 is 0 Å². The molecule has 0 aliphatic rings. The maximum Gasteiger partial charge on any atom is 0.0647 e. The lowest BCUT2D eigenvalue weighted by molar-refractivity contribution is 1.17. The molecule has 41 valence electrons. The van der Waals surface area contributed by atoms with Gasteiger partial charge >= 0.3 is 0 Å². The van der Waals surface area contributed by atoms with Gasteiger partial charge in [-0.15, -0.1) is 11.6 Å². The van der Waals surface area contributed by atoms with Gasteiger partial charge in [-0.2, -0.15) is 0 Å². The van der Waals surface area contributed by atoms with Gasteiger partial charge in [0.1, 0.15) is 0 Å². The van der Waals surface area contributed by atoms with Crippen LogP contribution in [0.15, 0.2) is 18.3 Å². The largest absolute Gasteiger partial charge is 0.260 e. The molecule has 0 atom stereocenters. The average molecular weight is 127 g/mol. The standard InChI is InChI=1S/C6H5ClN/c7-5-6-3-1-2-4-8-6/h2-4H,5H2. The fourth-order valence-electron chi connectivity index (χ4n) is 0.431. The molecule has 0 saturated heterocycles. The summed E-state index contributed by atoms with van der Waals surface area (Å²) in [6, 6.07) is 6.38. The Hall–Kier alpha value is -0.560. The highest BCUT2D eigenvalue weighted by Crippen LogP contribution is 1.95. The molecule has 0 spiro atoms. The molecule has 1 nitrogen and oxygen atoms in total. The molecule has 0 aliphatic heterocycles. The highest BCUT2D eigenvalue weighted by atomic mass is 35.5. The molecule has 1 aromatic heterocycles. The minimum atomic E-state index is 0.470. The second-order valence-electron chi connectivity index (χ2n) is 1.38. The average Bonchev–Trinajstić information content (AvgIpc) is 1.90. The third kappa shape index (κ3) is 1.20. The highest BCUT2D eigenvalue weighted by Gasteiger charge is 1.83. The lowest BCUT2D eigenvalue weighted by atomic mass is 10.4. The van der Waals surface area contributed by atoms with Gasteiger partial charge in [-0.25, -0.2) is 0 Å². The monoisotopic (exact) mass is 126 g/mol. The van der Waals surface area contributed by atoms with Crippen molar-refractivity contribution in [2.24, 2.45) is 0 Å². The molecule has 0 amide bonds. The Kier molecular flexibility index (Phi) is 1.86. The SMILES string of the molecule is ClCc1c[c]ccn1. The molecule has 0 aliphatic carbocycles.